The van der Waals surface area contributed by atoms with Gasteiger partial charge in [0.25, 0.3) is 11.8 Å². The minimum absolute atomic E-state index is 0.0750. The molecule has 1 aliphatic heterocycles. The number of carbonyl (C=O) groups excluding carboxylic acids is 2. The van der Waals surface area contributed by atoms with Crippen LogP contribution in [-0.4, -0.2) is 78.8 Å². The lowest BCUT2D eigenvalue weighted by molar-refractivity contribution is 0.0663. The summed E-state index contributed by atoms with van der Waals surface area (Å²) in [6.07, 6.45) is 1.53. The first kappa shape index (κ1) is 20.9. The van der Waals surface area contributed by atoms with E-state index < -0.39 is 5.91 Å². The first-order valence-electron chi connectivity index (χ1n) is 9.08. The molecule has 0 saturated carbocycles. The topological polar surface area (TPSA) is 88.9 Å². The average Bonchev–Trinajstić information content (AvgIpc) is 3.05. The quantitative estimate of drug-likeness (QED) is 0.790. The van der Waals surface area contributed by atoms with E-state index in [1.54, 1.807) is 24.1 Å². The number of ether oxygens (including phenoxy) is 2. The number of anilines is 1. The Morgan fingerprint density at radius 2 is 1.79 bits per heavy atom. The van der Waals surface area contributed by atoms with Crippen LogP contribution in [0.2, 0.25) is 5.02 Å². The SMILES string of the molecule is COc1cc(C(=O)N2CCN(C)CC2)cc(NC(=O)c2nn(C)cc2Cl)c1OC. The summed E-state index contributed by atoms with van der Waals surface area (Å²) in [5.74, 6) is 0.00305. The average molecular weight is 422 g/mol. The van der Waals surface area contributed by atoms with Crippen molar-refractivity contribution >= 4 is 29.1 Å². The molecule has 0 aliphatic carbocycles. The van der Waals surface area contributed by atoms with E-state index in [4.69, 9.17) is 21.1 Å². The molecule has 0 atom stereocenters. The minimum atomic E-state index is -0.514. The largest absolute Gasteiger partial charge is 0.493 e. The highest BCUT2D eigenvalue weighted by Crippen LogP contribution is 2.37. The van der Waals surface area contributed by atoms with Gasteiger partial charge in [0.2, 0.25) is 0 Å². The van der Waals surface area contributed by atoms with Crippen LogP contribution in [0.4, 0.5) is 5.69 Å². The van der Waals surface area contributed by atoms with Crippen LogP contribution in [0.1, 0.15) is 20.8 Å². The number of likely N-dealkylation sites (N-methyl/N-ethyl adjacent to an activating group) is 1. The van der Waals surface area contributed by atoms with Crippen molar-refractivity contribution in [3.05, 3.63) is 34.6 Å². The van der Waals surface area contributed by atoms with Gasteiger partial charge >= 0.3 is 0 Å². The van der Waals surface area contributed by atoms with Gasteiger partial charge in [-0.15, -0.1) is 0 Å². The number of hydrogen-bond donors (Lipinski definition) is 1. The van der Waals surface area contributed by atoms with E-state index in [2.05, 4.69) is 15.3 Å². The van der Waals surface area contributed by atoms with Crippen molar-refractivity contribution in [2.45, 2.75) is 0 Å². The number of hydrogen-bond acceptors (Lipinski definition) is 6. The summed E-state index contributed by atoms with van der Waals surface area (Å²) in [6, 6.07) is 3.19. The molecular formula is C19H24ClN5O4. The third-order valence-corrected chi connectivity index (χ3v) is 5.04. The lowest BCUT2D eigenvalue weighted by Crippen LogP contribution is -2.47. The summed E-state index contributed by atoms with van der Waals surface area (Å²) in [6.45, 7) is 2.88. The van der Waals surface area contributed by atoms with E-state index >= 15 is 0 Å². The second-order valence-corrected chi connectivity index (χ2v) is 7.22. The molecule has 2 aromatic rings. The molecule has 1 aromatic carbocycles. The lowest BCUT2D eigenvalue weighted by atomic mass is 10.1. The summed E-state index contributed by atoms with van der Waals surface area (Å²) >= 11 is 6.07. The van der Waals surface area contributed by atoms with E-state index in [0.29, 0.717) is 35.8 Å². The first-order valence-corrected chi connectivity index (χ1v) is 9.46. The molecule has 0 spiro atoms. The van der Waals surface area contributed by atoms with Crippen LogP contribution >= 0.6 is 11.6 Å². The molecule has 2 heterocycles. The molecule has 3 rings (SSSR count). The summed E-state index contributed by atoms with van der Waals surface area (Å²) in [4.78, 5) is 29.6. The van der Waals surface area contributed by atoms with E-state index in [-0.39, 0.29) is 16.6 Å². The predicted octanol–water partition coefficient (Wildman–Crippen LogP) is 1.73. The Labute approximate surface area is 174 Å². The van der Waals surface area contributed by atoms with Gasteiger partial charge in [-0.05, 0) is 19.2 Å². The van der Waals surface area contributed by atoms with E-state index in [1.165, 1.54) is 25.1 Å². The Balaban J connectivity index is 1.93. The zero-order chi connectivity index (χ0) is 21.1. The van der Waals surface area contributed by atoms with Gasteiger partial charge in [0, 0.05) is 45.0 Å². The Kier molecular flexibility index (Phi) is 6.29. The fourth-order valence-electron chi connectivity index (χ4n) is 3.17. The summed E-state index contributed by atoms with van der Waals surface area (Å²) in [5.41, 5.74) is 0.775. The second kappa shape index (κ2) is 8.71. The normalized spacial score (nSPS) is 14.6. The van der Waals surface area contributed by atoms with Crippen molar-refractivity contribution < 1.29 is 19.1 Å². The van der Waals surface area contributed by atoms with E-state index in [0.717, 1.165) is 13.1 Å². The molecular weight excluding hydrogens is 398 g/mol. The van der Waals surface area contributed by atoms with Gasteiger partial charge in [0.1, 0.15) is 0 Å². The zero-order valence-electron chi connectivity index (χ0n) is 16.9. The highest BCUT2D eigenvalue weighted by molar-refractivity contribution is 6.34. The molecule has 9 nitrogen and oxygen atoms in total. The standard InChI is InChI=1S/C19H24ClN5O4/c1-23-5-7-25(8-6-23)19(27)12-9-14(17(29-4)15(10-12)28-3)21-18(26)16-13(20)11-24(2)22-16/h9-11H,5-8H2,1-4H3,(H,21,26). The van der Waals surface area contributed by atoms with Crippen molar-refractivity contribution in [3.63, 3.8) is 0 Å². The van der Waals surface area contributed by atoms with E-state index in [1.807, 2.05) is 7.05 Å². The van der Waals surface area contributed by atoms with Crippen molar-refractivity contribution in [2.75, 3.05) is 52.8 Å². The number of benzene rings is 1. The van der Waals surface area contributed by atoms with Crippen LogP contribution in [0.15, 0.2) is 18.3 Å². The third kappa shape index (κ3) is 4.46. The number of aromatic nitrogens is 2. The fraction of sp³-hybridized carbons (Fsp3) is 0.421. The van der Waals surface area contributed by atoms with Crippen molar-refractivity contribution in [2.24, 2.45) is 7.05 Å². The highest BCUT2D eigenvalue weighted by atomic mass is 35.5. The molecule has 0 bridgehead atoms. The van der Waals surface area contributed by atoms with Gasteiger partial charge < -0.3 is 24.6 Å². The first-order chi connectivity index (χ1) is 13.8. The Bertz CT molecular complexity index is 922. The van der Waals surface area contributed by atoms with E-state index in [9.17, 15) is 9.59 Å². The molecule has 0 radical (unpaired) electrons. The van der Waals surface area contributed by atoms with Gasteiger partial charge in [-0.25, -0.2) is 0 Å². The molecule has 29 heavy (non-hydrogen) atoms. The molecule has 1 fully saturated rings. The minimum Gasteiger partial charge on any atom is -0.493 e. The smallest absolute Gasteiger partial charge is 0.277 e. The number of methoxy groups -OCH3 is 2. The predicted molar refractivity (Wildman–Crippen MR) is 109 cm³/mol. The number of piperazine rings is 1. The fourth-order valence-corrected chi connectivity index (χ4v) is 3.43. The number of carbonyl (C=O) groups is 2. The maximum absolute atomic E-state index is 13.0. The number of nitrogens with zero attached hydrogens (tertiary/aromatic N) is 4. The maximum atomic E-state index is 13.0. The molecule has 2 amide bonds. The number of halogens is 1. The lowest BCUT2D eigenvalue weighted by Gasteiger charge is -2.32. The Morgan fingerprint density at radius 1 is 1.10 bits per heavy atom. The van der Waals surface area contributed by atoms with Crippen LogP contribution < -0.4 is 14.8 Å². The molecule has 156 valence electrons. The summed E-state index contributed by atoms with van der Waals surface area (Å²) < 4.78 is 12.2. The van der Waals surface area contributed by atoms with Gasteiger partial charge in [0.15, 0.2) is 17.2 Å². The zero-order valence-corrected chi connectivity index (χ0v) is 17.6. The third-order valence-electron chi connectivity index (χ3n) is 4.76. The molecule has 1 aliphatic rings. The Morgan fingerprint density at radius 3 is 2.34 bits per heavy atom. The van der Waals surface area contributed by atoms with Crippen LogP contribution in [-0.2, 0) is 7.05 Å². The molecule has 1 N–H and O–H groups in total. The number of rotatable bonds is 5. The molecule has 1 aromatic heterocycles. The maximum Gasteiger partial charge on any atom is 0.277 e. The second-order valence-electron chi connectivity index (χ2n) is 6.81. The number of aryl methyl sites for hydroxylation is 1. The van der Waals surface area contributed by atoms with Gasteiger partial charge in [0.05, 0.1) is 24.9 Å². The number of nitrogens with one attached hydrogen (secondary N) is 1. The molecule has 0 unspecified atom stereocenters. The Hall–Kier alpha value is -2.78. The van der Waals surface area contributed by atoms with Gasteiger partial charge in [-0.2, -0.15) is 5.10 Å². The monoisotopic (exact) mass is 421 g/mol. The van der Waals surface area contributed by atoms with Gasteiger partial charge in [-0.1, -0.05) is 11.6 Å². The van der Waals surface area contributed by atoms with Crippen molar-refractivity contribution in [3.8, 4) is 11.5 Å². The van der Waals surface area contributed by atoms with Gasteiger partial charge in [-0.3, -0.25) is 14.3 Å². The summed E-state index contributed by atoms with van der Waals surface area (Å²) in [7, 11) is 6.63. The van der Waals surface area contributed by atoms with Crippen molar-refractivity contribution in [1.82, 2.24) is 19.6 Å². The number of amides is 2. The molecule has 1 saturated heterocycles. The van der Waals surface area contributed by atoms with Crippen LogP contribution in [0.5, 0.6) is 11.5 Å². The van der Waals surface area contributed by atoms with Crippen LogP contribution in [0, 0.1) is 0 Å². The van der Waals surface area contributed by atoms with Crippen molar-refractivity contribution in [1.29, 1.82) is 0 Å². The van der Waals surface area contributed by atoms with Crippen LogP contribution in [0.3, 0.4) is 0 Å². The van der Waals surface area contributed by atoms with Crippen LogP contribution in [0.25, 0.3) is 0 Å². The molecule has 10 heteroatoms. The summed E-state index contributed by atoms with van der Waals surface area (Å²) in [5, 5.41) is 7.01. The highest BCUT2D eigenvalue weighted by Gasteiger charge is 2.25.